The standard InChI is InChI=1S/C15H23NO4S/c1-10(2)6-5-7-20-15(17)13-9-14(21(16,18)19)12(4)8-11(13)3/h8-10H,5-7H2,1-4H3,(H2,16,18,19). The molecule has 21 heavy (non-hydrogen) atoms. The van der Waals surface area contributed by atoms with Gasteiger partial charge in [-0.15, -0.1) is 0 Å². The molecular weight excluding hydrogens is 290 g/mol. The number of carbonyl (C=O) groups excluding carboxylic acids is 1. The van der Waals surface area contributed by atoms with Crippen molar-refractivity contribution in [3.8, 4) is 0 Å². The van der Waals surface area contributed by atoms with Crippen molar-refractivity contribution < 1.29 is 17.9 Å². The Morgan fingerprint density at radius 3 is 2.38 bits per heavy atom. The maximum Gasteiger partial charge on any atom is 0.338 e. The molecule has 2 N–H and O–H groups in total. The van der Waals surface area contributed by atoms with Gasteiger partial charge >= 0.3 is 5.97 Å². The molecule has 5 nitrogen and oxygen atoms in total. The normalized spacial score (nSPS) is 11.7. The summed E-state index contributed by atoms with van der Waals surface area (Å²) in [5.41, 5.74) is 1.44. The molecular formula is C15H23NO4S. The average molecular weight is 313 g/mol. The highest BCUT2D eigenvalue weighted by atomic mass is 32.2. The van der Waals surface area contributed by atoms with Gasteiger partial charge in [-0.05, 0) is 49.8 Å². The van der Waals surface area contributed by atoms with Crippen molar-refractivity contribution in [2.45, 2.75) is 45.4 Å². The number of sulfonamides is 1. The molecule has 118 valence electrons. The van der Waals surface area contributed by atoms with Gasteiger partial charge in [-0.3, -0.25) is 0 Å². The highest BCUT2D eigenvalue weighted by molar-refractivity contribution is 7.89. The first-order chi connectivity index (χ1) is 9.62. The third-order valence-corrected chi connectivity index (χ3v) is 4.26. The maximum atomic E-state index is 12.0. The Hall–Kier alpha value is -1.40. The fourth-order valence-electron chi connectivity index (χ4n) is 2.09. The van der Waals surface area contributed by atoms with E-state index in [9.17, 15) is 13.2 Å². The Balaban J connectivity index is 2.90. The largest absolute Gasteiger partial charge is 0.462 e. The Morgan fingerprint density at radius 2 is 1.86 bits per heavy atom. The highest BCUT2D eigenvalue weighted by Crippen LogP contribution is 2.20. The fraction of sp³-hybridized carbons (Fsp3) is 0.533. The molecule has 1 aromatic carbocycles. The van der Waals surface area contributed by atoms with Gasteiger partial charge < -0.3 is 4.74 Å². The van der Waals surface area contributed by atoms with Crippen molar-refractivity contribution in [2.24, 2.45) is 11.1 Å². The summed E-state index contributed by atoms with van der Waals surface area (Å²) in [6.07, 6.45) is 1.76. The van der Waals surface area contributed by atoms with E-state index in [0.717, 1.165) is 12.8 Å². The topological polar surface area (TPSA) is 86.5 Å². The van der Waals surface area contributed by atoms with Gasteiger partial charge in [0.1, 0.15) is 0 Å². The van der Waals surface area contributed by atoms with Crippen LogP contribution in [0.3, 0.4) is 0 Å². The first-order valence-electron chi connectivity index (χ1n) is 6.94. The average Bonchev–Trinajstić information content (AvgIpc) is 2.32. The van der Waals surface area contributed by atoms with E-state index in [2.05, 4.69) is 13.8 Å². The van der Waals surface area contributed by atoms with Gasteiger partial charge in [-0.2, -0.15) is 0 Å². The molecule has 0 saturated carbocycles. The van der Waals surface area contributed by atoms with Gasteiger partial charge in [0.25, 0.3) is 0 Å². The molecule has 0 radical (unpaired) electrons. The van der Waals surface area contributed by atoms with E-state index in [0.29, 0.717) is 23.7 Å². The molecule has 0 aromatic heterocycles. The molecule has 0 unspecified atom stereocenters. The summed E-state index contributed by atoms with van der Waals surface area (Å²) in [4.78, 5) is 12.0. The van der Waals surface area contributed by atoms with E-state index in [1.165, 1.54) is 6.07 Å². The van der Waals surface area contributed by atoms with Gasteiger partial charge in [0.15, 0.2) is 0 Å². The molecule has 0 bridgehead atoms. The lowest BCUT2D eigenvalue weighted by atomic mass is 10.1. The Morgan fingerprint density at radius 1 is 1.24 bits per heavy atom. The molecule has 0 atom stereocenters. The van der Waals surface area contributed by atoms with Gasteiger partial charge in [0.2, 0.25) is 10.0 Å². The highest BCUT2D eigenvalue weighted by Gasteiger charge is 2.18. The molecule has 0 fully saturated rings. The quantitative estimate of drug-likeness (QED) is 0.646. The minimum Gasteiger partial charge on any atom is -0.462 e. The summed E-state index contributed by atoms with van der Waals surface area (Å²) in [7, 11) is -3.85. The number of rotatable bonds is 6. The van der Waals surface area contributed by atoms with Crippen LogP contribution in [0.4, 0.5) is 0 Å². The number of nitrogens with two attached hydrogens (primary N) is 1. The van der Waals surface area contributed by atoms with Crippen LogP contribution in [-0.2, 0) is 14.8 Å². The van der Waals surface area contributed by atoms with Gasteiger partial charge in [0, 0.05) is 0 Å². The Kier molecular flexibility index (Phi) is 5.92. The van der Waals surface area contributed by atoms with E-state index < -0.39 is 16.0 Å². The second-order valence-electron chi connectivity index (χ2n) is 5.65. The molecule has 0 spiro atoms. The van der Waals surface area contributed by atoms with Crippen LogP contribution >= 0.6 is 0 Å². The zero-order valence-corrected chi connectivity index (χ0v) is 13.8. The lowest BCUT2D eigenvalue weighted by Crippen LogP contribution is -2.16. The summed E-state index contributed by atoms with van der Waals surface area (Å²) in [6.45, 7) is 7.92. The molecule has 0 heterocycles. The van der Waals surface area contributed by atoms with Crippen LogP contribution in [0.2, 0.25) is 0 Å². The molecule has 0 aliphatic heterocycles. The molecule has 6 heteroatoms. The zero-order valence-electron chi connectivity index (χ0n) is 13.0. The summed E-state index contributed by atoms with van der Waals surface area (Å²) < 4.78 is 28.2. The molecule has 1 rings (SSSR count). The van der Waals surface area contributed by atoms with Crippen molar-refractivity contribution in [3.63, 3.8) is 0 Å². The smallest absolute Gasteiger partial charge is 0.338 e. The van der Waals surface area contributed by atoms with Gasteiger partial charge in [0.05, 0.1) is 17.1 Å². The Bertz CT molecular complexity index is 621. The van der Waals surface area contributed by atoms with E-state index in [-0.39, 0.29) is 10.5 Å². The fourth-order valence-corrected chi connectivity index (χ4v) is 2.88. The molecule has 0 aliphatic carbocycles. The van der Waals surface area contributed by atoms with Crippen LogP contribution in [0.1, 0.15) is 48.2 Å². The first-order valence-corrected chi connectivity index (χ1v) is 8.48. The lowest BCUT2D eigenvalue weighted by molar-refractivity contribution is 0.0493. The first kappa shape index (κ1) is 17.7. The van der Waals surface area contributed by atoms with Crippen molar-refractivity contribution in [1.29, 1.82) is 0 Å². The predicted molar refractivity (Wildman–Crippen MR) is 81.6 cm³/mol. The number of carbonyl (C=O) groups is 1. The summed E-state index contributed by atoms with van der Waals surface area (Å²) in [5, 5.41) is 5.15. The monoisotopic (exact) mass is 313 g/mol. The second-order valence-corrected chi connectivity index (χ2v) is 7.18. The second kappa shape index (κ2) is 7.04. The van der Waals surface area contributed by atoms with Crippen LogP contribution in [0.5, 0.6) is 0 Å². The van der Waals surface area contributed by atoms with E-state index >= 15 is 0 Å². The van der Waals surface area contributed by atoms with Gasteiger partial charge in [-0.1, -0.05) is 19.9 Å². The minimum absolute atomic E-state index is 0.0396. The summed E-state index contributed by atoms with van der Waals surface area (Å²) in [5.74, 6) is 0.0416. The van der Waals surface area contributed by atoms with E-state index in [1.807, 2.05) is 0 Å². The third kappa shape index (κ3) is 5.13. The lowest BCUT2D eigenvalue weighted by Gasteiger charge is -2.11. The van der Waals surface area contributed by atoms with Crippen LogP contribution in [0.25, 0.3) is 0 Å². The predicted octanol–water partition coefficient (Wildman–Crippen LogP) is 2.54. The van der Waals surface area contributed by atoms with Crippen LogP contribution in [0, 0.1) is 19.8 Å². The number of aryl methyl sites for hydroxylation is 2. The van der Waals surface area contributed by atoms with Crippen LogP contribution in [-0.4, -0.2) is 21.0 Å². The summed E-state index contributed by atoms with van der Waals surface area (Å²) >= 11 is 0. The molecule has 0 aliphatic rings. The van der Waals surface area contributed by atoms with Crippen LogP contribution < -0.4 is 5.14 Å². The van der Waals surface area contributed by atoms with Crippen molar-refractivity contribution in [3.05, 3.63) is 28.8 Å². The van der Waals surface area contributed by atoms with E-state index in [4.69, 9.17) is 9.88 Å². The van der Waals surface area contributed by atoms with Crippen molar-refractivity contribution in [1.82, 2.24) is 0 Å². The third-order valence-electron chi connectivity index (χ3n) is 3.21. The van der Waals surface area contributed by atoms with Gasteiger partial charge in [-0.25, -0.2) is 18.4 Å². The van der Waals surface area contributed by atoms with Crippen LogP contribution in [0.15, 0.2) is 17.0 Å². The number of primary sulfonamides is 1. The number of esters is 1. The van der Waals surface area contributed by atoms with Crippen molar-refractivity contribution >= 4 is 16.0 Å². The SMILES string of the molecule is Cc1cc(C)c(S(N)(=O)=O)cc1C(=O)OCCCC(C)C. The van der Waals surface area contributed by atoms with Crippen molar-refractivity contribution in [2.75, 3.05) is 6.61 Å². The number of benzene rings is 1. The molecule has 1 aromatic rings. The van der Waals surface area contributed by atoms with E-state index in [1.54, 1.807) is 19.9 Å². The number of hydrogen-bond acceptors (Lipinski definition) is 4. The Labute approximate surface area is 126 Å². The zero-order chi connectivity index (χ0) is 16.2. The minimum atomic E-state index is -3.85. The molecule has 0 amide bonds. The summed E-state index contributed by atoms with van der Waals surface area (Å²) in [6, 6.07) is 2.93. The number of ether oxygens (including phenoxy) is 1. The maximum absolute atomic E-state index is 12.0. The number of hydrogen-bond donors (Lipinski definition) is 1. The molecule has 0 saturated heterocycles.